The molecule has 120 valence electrons. The van der Waals surface area contributed by atoms with Gasteiger partial charge in [-0.2, -0.15) is 0 Å². The van der Waals surface area contributed by atoms with Crippen molar-refractivity contribution in [2.75, 3.05) is 11.1 Å². The Kier molecular flexibility index (Phi) is 3.04. The molecule has 0 aliphatic carbocycles. The highest BCUT2D eigenvalue weighted by molar-refractivity contribution is 6.08. The van der Waals surface area contributed by atoms with Crippen LogP contribution in [0.2, 0.25) is 0 Å². The summed E-state index contributed by atoms with van der Waals surface area (Å²) in [4.78, 5) is 0. The van der Waals surface area contributed by atoms with E-state index in [0.717, 1.165) is 12.2 Å². The zero-order valence-electron chi connectivity index (χ0n) is 13.8. The minimum Gasteiger partial charge on any atom is -0.399 e. The van der Waals surface area contributed by atoms with Crippen molar-refractivity contribution in [1.82, 2.24) is 0 Å². The van der Waals surface area contributed by atoms with E-state index in [0.29, 0.717) is 0 Å². The molecule has 0 unspecified atom stereocenters. The standard InChI is InChI=1S/C23H18N2/c24-18-11-9-15(10-12-18)22-17-13-16-5-1-2-6-19(16)23(22)20-7-3-4-8-21(20)25-14-17/h1-13,25H,14,24H2. The van der Waals surface area contributed by atoms with Crippen molar-refractivity contribution in [2.45, 2.75) is 6.54 Å². The molecule has 2 bridgehead atoms. The summed E-state index contributed by atoms with van der Waals surface area (Å²) in [5.74, 6) is 0. The Morgan fingerprint density at radius 1 is 0.760 bits per heavy atom. The van der Waals surface area contributed by atoms with Crippen LogP contribution in [-0.2, 0) is 6.54 Å². The van der Waals surface area contributed by atoms with Gasteiger partial charge in [0.25, 0.3) is 0 Å². The molecule has 0 fully saturated rings. The Morgan fingerprint density at radius 3 is 2.40 bits per heavy atom. The van der Waals surface area contributed by atoms with E-state index in [1.165, 1.54) is 44.3 Å². The molecule has 0 amide bonds. The van der Waals surface area contributed by atoms with E-state index in [2.05, 4.69) is 72.0 Å². The molecule has 0 saturated carbocycles. The molecule has 4 aromatic carbocycles. The third kappa shape index (κ3) is 2.18. The van der Waals surface area contributed by atoms with Crippen molar-refractivity contribution < 1.29 is 0 Å². The molecular weight excluding hydrogens is 304 g/mol. The fraction of sp³-hybridized carbons (Fsp3) is 0.0435. The summed E-state index contributed by atoms with van der Waals surface area (Å²) in [5, 5.41) is 6.18. The monoisotopic (exact) mass is 322 g/mol. The average Bonchev–Trinajstić information content (AvgIpc) is 2.77. The van der Waals surface area contributed by atoms with Gasteiger partial charge in [-0.1, -0.05) is 54.6 Å². The number of nitrogens with two attached hydrogens (primary N) is 1. The third-order valence-electron chi connectivity index (χ3n) is 5.00. The van der Waals surface area contributed by atoms with Crippen molar-refractivity contribution in [2.24, 2.45) is 0 Å². The molecule has 0 spiro atoms. The van der Waals surface area contributed by atoms with Crippen LogP contribution < -0.4 is 11.1 Å². The summed E-state index contributed by atoms with van der Waals surface area (Å²) in [6.07, 6.45) is 0. The molecule has 0 saturated heterocycles. The van der Waals surface area contributed by atoms with Crippen molar-refractivity contribution in [1.29, 1.82) is 0 Å². The highest BCUT2D eigenvalue weighted by atomic mass is 14.9. The Hall–Kier alpha value is -3.26. The normalized spacial score (nSPS) is 12.3. The van der Waals surface area contributed by atoms with Gasteiger partial charge >= 0.3 is 0 Å². The van der Waals surface area contributed by atoms with Gasteiger partial charge in [0.1, 0.15) is 0 Å². The summed E-state index contributed by atoms with van der Waals surface area (Å²) in [6, 6.07) is 27.7. The molecule has 0 atom stereocenters. The lowest BCUT2D eigenvalue weighted by atomic mass is 9.86. The maximum Gasteiger partial charge on any atom is 0.0422 e. The predicted molar refractivity (Wildman–Crippen MR) is 107 cm³/mol. The van der Waals surface area contributed by atoms with Crippen molar-refractivity contribution in [3.05, 3.63) is 84.4 Å². The Balaban J connectivity index is 1.95. The van der Waals surface area contributed by atoms with Crippen molar-refractivity contribution >= 4 is 22.1 Å². The number of nitrogens with one attached hydrogen (secondary N) is 1. The number of hydrogen-bond acceptors (Lipinski definition) is 2. The number of hydrogen-bond donors (Lipinski definition) is 2. The zero-order chi connectivity index (χ0) is 16.8. The molecule has 2 heteroatoms. The molecule has 1 heterocycles. The lowest BCUT2D eigenvalue weighted by molar-refractivity contribution is 1.17. The number of para-hydroxylation sites is 1. The largest absolute Gasteiger partial charge is 0.399 e. The van der Waals surface area contributed by atoms with E-state index in [-0.39, 0.29) is 0 Å². The number of fused-ring (bicyclic) bond motifs is 6. The van der Waals surface area contributed by atoms with E-state index < -0.39 is 0 Å². The van der Waals surface area contributed by atoms with Crippen LogP contribution >= 0.6 is 0 Å². The topological polar surface area (TPSA) is 38.0 Å². The van der Waals surface area contributed by atoms with Gasteiger partial charge in [-0.15, -0.1) is 0 Å². The summed E-state index contributed by atoms with van der Waals surface area (Å²) < 4.78 is 0. The molecule has 1 aliphatic heterocycles. The van der Waals surface area contributed by atoms with Gasteiger partial charge in [0.15, 0.2) is 0 Å². The van der Waals surface area contributed by atoms with Crippen LogP contribution in [0.4, 0.5) is 11.4 Å². The first-order chi connectivity index (χ1) is 12.3. The molecule has 3 N–H and O–H groups in total. The van der Waals surface area contributed by atoms with Crippen LogP contribution in [-0.4, -0.2) is 0 Å². The lowest BCUT2D eigenvalue weighted by Crippen LogP contribution is -1.98. The van der Waals surface area contributed by atoms with Crippen LogP contribution in [0.5, 0.6) is 0 Å². The van der Waals surface area contributed by atoms with Gasteiger partial charge in [0.2, 0.25) is 0 Å². The van der Waals surface area contributed by atoms with Gasteiger partial charge in [-0.05, 0) is 57.3 Å². The molecule has 0 radical (unpaired) electrons. The van der Waals surface area contributed by atoms with Gasteiger partial charge < -0.3 is 11.1 Å². The van der Waals surface area contributed by atoms with Crippen LogP contribution in [0.25, 0.3) is 33.0 Å². The second-order valence-electron chi connectivity index (χ2n) is 6.53. The van der Waals surface area contributed by atoms with Gasteiger partial charge in [-0.3, -0.25) is 0 Å². The van der Waals surface area contributed by atoms with Crippen LogP contribution in [0.1, 0.15) is 5.56 Å². The molecule has 4 aromatic rings. The average molecular weight is 322 g/mol. The molecule has 0 aromatic heterocycles. The van der Waals surface area contributed by atoms with Crippen LogP contribution in [0, 0.1) is 0 Å². The minimum absolute atomic E-state index is 0.793. The molecule has 5 rings (SSSR count). The van der Waals surface area contributed by atoms with Crippen LogP contribution in [0.15, 0.2) is 78.9 Å². The van der Waals surface area contributed by atoms with E-state index in [4.69, 9.17) is 5.73 Å². The zero-order valence-corrected chi connectivity index (χ0v) is 13.8. The summed E-state index contributed by atoms with van der Waals surface area (Å²) >= 11 is 0. The first-order valence-electron chi connectivity index (χ1n) is 8.55. The predicted octanol–water partition coefficient (Wildman–Crippen LogP) is 5.68. The van der Waals surface area contributed by atoms with E-state index in [9.17, 15) is 0 Å². The van der Waals surface area contributed by atoms with Gasteiger partial charge in [0, 0.05) is 23.5 Å². The number of nitrogen functional groups attached to an aromatic ring is 1. The molecule has 25 heavy (non-hydrogen) atoms. The number of rotatable bonds is 1. The third-order valence-corrected chi connectivity index (χ3v) is 5.00. The van der Waals surface area contributed by atoms with Crippen molar-refractivity contribution in [3.63, 3.8) is 0 Å². The quantitative estimate of drug-likeness (QED) is 0.442. The Bertz CT molecular complexity index is 1090. The van der Waals surface area contributed by atoms with Crippen molar-refractivity contribution in [3.8, 4) is 22.3 Å². The number of anilines is 2. The second-order valence-corrected chi connectivity index (χ2v) is 6.53. The molecular formula is C23H18N2. The van der Waals surface area contributed by atoms with Crippen LogP contribution in [0.3, 0.4) is 0 Å². The SMILES string of the molecule is Nc1ccc(-c2c3cc4ccccc4c2-c2ccccc2NC3)cc1. The molecule has 2 nitrogen and oxygen atoms in total. The Morgan fingerprint density at radius 2 is 1.52 bits per heavy atom. The Labute approximate surface area is 146 Å². The fourth-order valence-corrected chi connectivity index (χ4v) is 3.85. The highest BCUT2D eigenvalue weighted by Gasteiger charge is 2.21. The summed E-state index contributed by atoms with van der Waals surface area (Å²) in [6.45, 7) is 0.814. The summed E-state index contributed by atoms with van der Waals surface area (Å²) in [5.41, 5.74) is 14.3. The van der Waals surface area contributed by atoms with E-state index in [1.54, 1.807) is 0 Å². The lowest BCUT2D eigenvalue weighted by Gasteiger charge is -2.16. The smallest absolute Gasteiger partial charge is 0.0422 e. The first-order valence-corrected chi connectivity index (χ1v) is 8.55. The second kappa shape index (κ2) is 5.38. The maximum atomic E-state index is 5.91. The maximum absolute atomic E-state index is 5.91. The highest BCUT2D eigenvalue weighted by Crippen LogP contribution is 2.45. The fourth-order valence-electron chi connectivity index (χ4n) is 3.85. The van der Waals surface area contributed by atoms with E-state index in [1.807, 2.05) is 12.1 Å². The minimum atomic E-state index is 0.793. The van der Waals surface area contributed by atoms with Gasteiger partial charge in [0.05, 0.1) is 0 Å². The molecule has 1 aliphatic rings. The number of benzene rings is 4. The van der Waals surface area contributed by atoms with E-state index >= 15 is 0 Å². The summed E-state index contributed by atoms with van der Waals surface area (Å²) in [7, 11) is 0. The first kappa shape index (κ1) is 14.1. The van der Waals surface area contributed by atoms with Gasteiger partial charge in [-0.25, -0.2) is 0 Å².